The second-order valence-electron chi connectivity index (χ2n) is 7.97. The topological polar surface area (TPSA) is 3.24 Å². The highest BCUT2D eigenvalue weighted by Gasteiger charge is 2.30. The van der Waals surface area contributed by atoms with Crippen LogP contribution < -0.4 is 0 Å². The fourth-order valence-electron chi connectivity index (χ4n) is 4.36. The van der Waals surface area contributed by atoms with Crippen LogP contribution in [0, 0.1) is 5.92 Å². The van der Waals surface area contributed by atoms with E-state index in [9.17, 15) is 13.2 Å². The summed E-state index contributed by atoms with van der Waals surface area (Å²) in [5, 5.41) is 0. The van der Waals surface area contributed by atoms with Gasteiger partial charge in [-0.25, -0.2) is 0 Å². The molecule has 0 N–H and O–H groups in total. The highest BCUT2D eigenvalue weighted by Crippen LogP contribution is 2.34. The molecule has 0 radical (unpaired) electrons. The highest BCUT2D eigenvalue weighted by molar-refractivity contribution is 5.26. The summed E-state index contributed by atoms with van der Waals surface area (Å²) >= 11 is 0. The number of alkyl halides is 3. The zero-order valence-corrected chi connectivity index (χ0v) is 16.1. The van der Waals surface area contributed by atoms with E-state index in [-0.39, 0.29) is 0 Å². The van der Waals surface area contributed by atoms with Crippen molar-refractivity contribution in [2.45, 2.75) is 63.6 Å². The molecule has 1 fully saturated rings. The molecule has 3 rings (SSSR count). The lowest BCUT2D eigenvalue weighted by molar-refractivity contribution is -0.137. The first-order valence-electron chi connectivity index (χ1n) is 10.2. The van der Waals surface area contributed by atoms with E-state index in [2.05, 4.69) is 30.2 Å². The van der Waals surface area contributed by atoms with Crippen molar-refractivity contribution in [1.82, 2.24) is 4.90 Å². The predicted octanol–water partition coefficient (Wildman–Crippen LogP) is 6.41. The largest absolute Gasteiger partial charge is 0.416 e. The van der Waals surface area contributed by atoms with Crippen LogP contribution in [0.4, 0.5) is 13.2 Å². The summed E-state index contributed by atoms with van der Waals surface area (Å²) in [6.07, 6.45) is 12.0. The first-order chi connectivity index (χ1) is 12.9. The number of hydrogen-bond donors (Lipinski definition) is 0. The maximum absolute atomic E-state index is 12.6. The second kappa shape index (κ2) is 9.09. The van der Waals surface area contributed by atoms with Crippen LogP contribution in [0.15, 0.2) is 48.1 Å². The van der Waals surface area contributed by atoms with E-state index in [1.165, 1.54) is 50.7 Å². The Balaban J connectivity index is 1.39. The van der Waals surface area contributed by atoms with Gasteiger partial charge in [-0.05, 0) is 94.1 Å². The average molecular weight is 377 g/mol. The Kier molecular flexibility index (Phi) is 6.80. The number of halogens is 3. The molecule has 0 aliphatic heterocycles. The maximum Gasteiger partial charge on any atom is 0.416 e. The van der Waals surface area contributed by atoms with Crippen molar-refractivity contribution >= 4 is 0 Å². The molecule has 2 aliphatic rings. The van der Waals surface area contributed by atoms with Crippen molar-refractivity contribution in [2.75, 3.05) is 13.6 Å². The molecule has 1 aromatic rings. The zero-order chi connectivity index (χ0) is 19.3. The maximum atomic E-state index is 12.6. The molecule has 0 heterocycles. The molecule has 0 atom stereocenters. The van der Waals surface area contributed by atoms with Crippen LogP contribution in [-0.4, -0.2) is 24.5 Å². The molecule has 2 aliphatic carbocycles. The van der Waals surface area contributed by atoms with Gasteiger partial charge in [-0.1, -0.05) is 30.4 Å². The van der Waals surface area contributed by atoms with Crippen LogP contribution in [0.1, 0.15) is 56.1 Å². The first-order valence-corrected chi connectivity index (χ1v) is 10.2. The number of rotatable bonds is 6. The summed E-state index contributed by atoms with van der Waals surface area (Å²) in [5.74, 6) is 0.735. The third-order valence-electron chi connectivity index (χ3n) is 6.07. The molecule has 0 saturated heterocycles. The van der Waals surface area contributed by atoms with Crippen molar-refractivity contribution in [3.05, 3.63) is 59.2 Å². The summed E-state index contributed by atoms with van der Waals surface area (Å²) in [6, 6.07) is 6.24. The van der Waals surface area contributed by atoms with Crippen molar-refractivity contribution in [3.63, 3.8) is 0 Å². The van der Waals surface area contributed by atoms with Gasteiger partial charge in [0.15, 0.2) is 0 Å². The SMILES string of the molecule is CN(CCCc1ccc(C(F)(F)F)cc1)C1CCC(C2=CCCC=C2)CC1. The van der Waals surface area contributed by atoms with Gasteiger partial charge in [0.25, 0.3) is 0 Å². The van der Waals surface area contributed by atoms with Gasteiger partial charge in [0.2, 0.25) is 0 Å². The van der Waals surface area contributed by atoms with Crippen LogP contribution in [0.5, 0.6) is 0 Å². The first kappa shape index (κ1) is 20.2. The number of benzene rings is 1. The van der Waals surface area contributed by atoms with E-state index in [0.717, 1.165) is 30.9 Å². The summed E-state index contributed by atoms with van der Waals surface area (Å²) in [7, 11) is 2.19. The molecule has 0 spiro atoms. The monoisotopic (exact) mass is 377 g/mol. The van der Waals surface area contributed by atoms with E-state index in [4.69, 9.17) is 0 Å². The quantitative estimate of drug-likeness (QED) is 0.554. The molecule has 1 saturated carbocycles. The van der Waals surface area contributed by atoms with Crippen molar-refractivity contribution < 1.29 is 13.2 Å². The molecule has 0 unspecified atom stereocenters. The van der Waals surface area contributed by atoms with E-state index < -0.39 is 11.7 Å². The van der Waals surface area contributed by atoms with Gasteiger partial charge >= 0.3 is 6.18 Å². The fraction of sp³-hybridized carbons (Fsp3) is 0.565. The Morgan fingerprint density at radius 2 is 1.70 bits per heavy atom. The number of allylic oxidation sites excluding steroid dienone is 4. The minimum Gasteiger partial charge on any atom is -0.303 e. The molecule has 4 heteroatoms. The minimum absolute atomic E-state index is 0.567. The minimum atomic E-state index is -4.25. The third-order valence-corrected chi connectivity index (χ3v) is 6.07. The van der Waals surface area contributed by atoms with E-state index in [0.29, 0.717) is 6.04 Å². The van der Waals surface area contributed by atoms with Gasteiger partial charge < -0.3 is 4.90 Å². The number of nitrogens with zero attached hydrogens (tertiary/aromatic N) is 1. The summed E-state index contributed by atoms with van der Waals surface area (Å²) in [5.41, 5.74) is 1.96. The smallest absolute Gasteiger partial charge is 0.303 e. The van der Waals surface area contributed by atoms with Crippen LogP contribution >= 0.6 is 0 Å². The molecule has 1 nitrogen and oxygen atoms in total. The third kappa shape index (κ3) is 5.71. The average Bonchev–Trinajstić information content (AvgIpc) is 2.68. The van der Waals surface area contributed by atoms with Crippen LogP contribution in [0.2, 0.25) is 0 Å². The standard InChI is InChI=1S/C23H30F3N/c1-27(17-5-6-18-9-13-21(14-10-18)23(24,25)26)22-15-11-20(12-16-22)19-7-3-2-4-8-19/h3,7-10,13-14,20,22H,2,4-6,11-12,15-17H2,1H3. The Morgan fingerprint density at radius 1 is 1.00 bits per heavy atom. The molecular formula is C23H30F3N. The van der Waals surface area contributed by atoms with Crippen molar-refractivity contribution in [3.8, 4) is 0 Å². The number of hydrogen-bond acceptors (Lipinski definition) is 1. The van der Waals surface area contributed by atoms with Gasteiger partial charge in [0.05, 0.1) is 5.56 Å². The molecule has 1 aromatic carbocycles. The lowest BCUT2D eigenvalue weighted by Gasteiger charge is -2.35. The normalized spacial score (nSPS) is 23.5. The van der Waals surface area contributed by atoms with Crippen LogP contribution in [0.25, 0.3) is 0 Å². The lowest BCUT2D eigenvalue weighted by atomic mass is 9.79. The van der Waals surface area contributed by atoms with E-state index >= 15 is 0 Å². The molecule has 0 amide bonds. The Labute approximate surface area is 161 Å². The predicted molar refractivity (Wildman–Crippen MR) is 105 cm³/mol. The Morgan fingerprint density at radius 3 is 2.30 bits per heavy atom. The fourth-order valence-corrected chi connectivity index (χ4v) is 4.36. The van der Waals surface area contributed by atoms with Gasteiger partial charge in [-0.15, -0.1) is 0 Å². The Hall–Kier alpha value is -1.55. The molecule has 0 aromatic heterocycles. The summed E-state index contributed by atoms with van der Waals surface area (Å²) in [6.45, 7) is 0.999. The van der Waals surface area contributed by atoms with Crippen LogP contribution in [-0.2, 0) is 12.6 Å². The van der Waals surface area contributed by atoms with E-state index in [1.54, 1.807) is 17.7 Å². The van der Waals surface area contributed by atoms with Crippen LogP contribution in [0.3, 0.4) is 0 Å². The van der Waals surface area contributed by atoms with Crippen molar-refractivity contribution in [1.29, 1.82) is 0 Å². The lowest BCUT2D eigenvalue weighted by Crippen LogP contribution is -2.36. The molecular weight excluding hydrogens is 347 g/mol. The molecule has 0 bridgehead atoms. The summed E-state index contributed by atoms with van der Waals surface area (Å²) in [4.78, 5) is 2.45. The molecule has 148 valence electrons. The second-order valence-corrected chi connectivity index (χ2v) is 7.97. The Bertz CT molecular complexity index is 649. The van der Waals surface area contributed by atoms with E-state index in [1.807, 2.05) is 0 Å². The van der Waals surface area contributed by atoms with Gasteiger partial charge in [0, 0.05) is 6.04 Å². The molecule has 27 heavy (non-hydrogen) atoms. The van der Waals surface area contributed by atoms with Crippen molar-refractivity contribution in [2.24, 2.45) is 5.92 Å². The summed E-state index contributed by atoms with van der Waals surface area (Å²) < 4.78 is 37.8. The van der Waals surface area contributed by atoms with Gasteiger partial charge in [-0.2, -0.15) is 13.2 Å². The zero-order valence-electron chi connectivity index (χ0n) is 16.1. The van der Waals surface area contributed by atoms with Gasteiger partial charge in [-0.3, -0.25) is 0 Å². The number of aryl methyl sites for hydroxylation is 1. The highest BCUT2D eigenvalue weighted by atomic mass is 19.4. The van der Waals surface area contributed by atoms with Gasteiger partial charge in [0.1, 0.15) is 0 Å².